The van der Waals surface area contributed by atoms with Crippen molar-refractivity contribution in [2.45, 2.75) is 33.7 Å². The number of hydrogen-bond donors (Lipinski definition) is 1. The standard InChI is InChI=1S/C23H35FN4O2/c1-17-10-18(2)14-28(13-17)23(30)16-27-8-6-26(7-9-27)15-22(29)25-12-20-5-4-19(3)21(24)11-20/h4-5,11,17-18H,6-10,12-16H2,1-3H3,(H,25,29). The molecule has 166 valence electrons. The number of carbonyl (C=O) groups is 2. The average molecular weight is 419 g/mol. The number of piperidine rings is 1. The van der Waals surface area contributed by atoms with Gasteiger partial charge in [-0.25, -0.2) is 4.39 Å². The minimum absolute atomic E-state index is 0.0585. The molecule has 2 aliphatic rings. The van der Waals surface area contributed by atoms with Crippen molar-refractivity contribution in [3.63, 3.8) is 0 Å². The van der Waals surface area contributed by atoms with Crippen LogP contribution in [0.2, 0.25) is 0 Å². The summed E-state index contributed by atoms with van der Waals surface area (Å²) in [4.78, 5) is 31.2. The van der Waals surface area contributed by atoms with Crippen LogP contribution < -0.4 is 5.32 Å². The highest BCUT2D eigenvalue weighted by molar-refractivity contribution is 5.79. The van der Waals surface area contributed by atoms with Crippen LogP contribution in [0, 0.1) is 24.6 Å². The third kappa shape index (κ3) is 6.51. The number of aryl methyl sites for hydroxylation is 1. The Morgan fingerprint density at radius 2 is 1.63 bits per heavy atom. The molecule has 2 saturated heterocycles. The van der Waals surface area contributed by atoms with Gasteiger partial charge in [0, 0.05) is 45.8 Å². The van der Waals surface area contributed by atoms with E-state index < -0.39 is 0 Å². The molecule has 1 aromatic rings. The van der Waals surface area contributed by atoms with Crippen LogP contribution in [0.3, 0.4) is 0 Å². The van der Waals surface area contributed by atoms with Crippen molar-refractivity contribution >= 4 is 11.8 Å². The van der Waals surface area contributed by atoms with Gasteiger partial charge in [-0.3, -0.25) is 19.4 Å². The molecule has 2 aliphatic heterocycles. The van der Waals surface area contributed by atoms with Crippen molar-refractivity contribution in [3.05, 3.63) is 35.1 Å². The molecule has 0 aromatic heterocycles. The Balaban J connectivity index is 1.36. The zero-order valence-electron chi connectivity index (χ0n) is 18.5. The Labute approximate surface area is 179 Å². The zero-order chi connectivity index (χ0) is 21.7. The second kappa shape index (κ2) is 10.4. The van der Waals surface area contributed by atoms with Gasteiger partial charge in [0.2, 0.25) is 11.8 Å². The molecule has 0 saturated carbocycles. The van der Waals surface area contributed by atoms with Gasteiger partial charge in [0.25, 0.3) is 0 Å². The summed E-state index contributed by atoms with van der Waals surface area (Å²) in [5.74, 6) is 1.07. The first-order valence-corrected chi connectivity index (χ1v) is 11.0. The van der Waals surface area contributed by atoms with E-state index in [2.05, 4.69) is 29.0 Å². The number of amides is 2. The highest BCUT2D eigenvalue weighted by Gasteiger charge is 2.27. The van der Waals surface area contributed by atoms with Gasteiger partial charge in [0.1, 0.15) is 5.82 Å². The molecule has 30 heavy (non-hydrogen) atoms. The predicted molar refractivity (Wildman–Crippen MR) is 115 cm³/mol. The summed E-state index contributed by atoms with van der Waals surface area (Å²) >= 11 is 0. The molecule has 0 aliphatic carbocycles. The van der Waals surface area contributed by atoms with E-state index in [0.29, 0.717) is 37.0 Å². The summed E-state index contributed by atoms with van der Waals surface area (Å²) in [6.45, 7) is 12.2. The van der Waals surface area contributed by atoms with Gasteiger partial charge in [-0.05, 0) is 42.4 Å². The van der Waals surface area contributed by atoms with Crippen LogP contribution in [0.1, 0.15) is 31.4 Å². The molecule has 7 heteroatoms. The third-order valence-electron chi connectivity index (χ3n) is 6.14. The van der Waals surface area contributed by atoms with Gasteiger partial charge >= 0.3 is 0 Å². The number of rotatable bonds is 6. The van der Waals surface area contributed by atoms with Crippen LogP contribution in [0.4, 0.5) is 4.39 Å². The second-order valence-electron chi connectivity index (χ2n) is 9.16. The van der Waals surface area contributed by atoms with Crippen LogP contribution in [-0.2, 0) is 16.1 Å². The van der Waals surface area contributed by atoms with Crippen molar-refractivity contribution in [3.8, 4) is 0 Å². The lowest BCUT2D eigenvalue weighted by Crippen LogP contribution is -2.53. The van der Waals surface area contributed by atoms with E-state index in [9.17, 15) is 14.0 Å². The fourth-order valence-electron chi connectivity index (χ4n) is 4.47. The number of nitrogens with zero attached hydrogens (tertiary/aromatic N) is 3. The Hall–Kier alpha value is -1.99. The summed E-state index contributed by atoms with van der Waals surface area (Å²) < 4.78 is 13.6. The van der Waals surface area contributed by atoms with E-state index >= 15 is 0 Å². The lowest BCUT2D eigenvalue weighted by molar-refractivity contribution is -0.135. The number of nitrogens with one attached hydrogen (secondary N) is 1. The van der Waals surface area contributed by atoms with Crippen molar-refractivity contribution < 1.29 is 14.0 Å². The Kier molecular flexibility index (Phi) is 7.83. The lowest BCUT2D eigenvalue weighted by atomic mass is 9.92. The molecule has 6 nitrogen and oxygen atoms in total. The highest BCUT2D eigenvalue weighted by atomic mass is 19.1. The normalized spacial score (nSPS) is 23.4. The largest absolute Gasteiger partial charge is 0.351 e. The molecule has 2 amide bonds. The Bertz CT molecular complexity index is 739. The van der Waals surface area contributed by atoms with Crippen LogP contribution in [0.5, 0.6) is 0 Å². The van der Waals surface area contributed by atoms with Crippen LogP contribution >= 0.6 is 0 Å². The van der Waals surface area contributed by atoms with Crippen LogP contribution in [-0.4, -0.2) is 78.9 Å². The molecule has 0 spiro atoms. The number of hydrogen-bond acceptors (Lipinski definition) is 4. The first-order chi connectivity index (χ1) is 14.3. The summed E-state index contributed by atoms with van der Waals surface area (Å²) in [6.07, 6.45) is 1.20. The molecule has 0 radical (unpaired) electrons. The SMILES string of the molecule is Cc1ccc(CNC(=O)CN2CCN(CC(=O)N3CC(C)CC(C)C3)CC2)cc1F. The maximum Gasteiger partial charge on any atom is 0.236 e. The number of carbonyl (C=O) groups excluding carboxylic acids is 2. The molecule has 2 atom stereocenters. The van der Waals surface area contributed by atoms with E-state index in [1.54, 1.807) is 13.0 Å². The van der Waals surface area contributed by atoms with Crippen molar-refractivity contribution in [1.82, 2.24) is 20.0 Å². The van der Waals surface area contributed by atoms with Crippen LogP contribution in [0.15, 0.2) is 18.2 Å². The van der Waals surface area contributed by atoms with Gasteiger partial charge in [-0.1, -0.05) is 26.0 Å². The second-order valence-corrected chi connectivity index (χ2v) is 9.16. The molecular weight excluding hydrogens is 383 g/mol. The maximum atomic E-state index is 13.6. The van der Waals surface area contributed by atoms with Gasteiger partial charge in [-0.15, -0.1) is 0 Å². The molecule has 2 heterocycles. The molecule has 3 rings (SSSR count). The number of piperazine rings is 1. The topological polar surface area (TPSA) is 55.9 Å². The quantitative estimate of drug-likeness (QED) is 0.766. The molecular formula is C23H35FN4O2. The lowest BCUT2D eigenvalue weighted by Gasteiger charge is -2.38. The minimum atomic E-state index is -0.249. The van der Waals surface area contributed by atoms with Gasteiger partial charge in [0.15, 0.2) is 0 Å². The monoisotopic (exact) mass is 418 g/mol. The van der Waals surface area contributed by atoms with Crippen molar-refractivity contribution in [2.24, 2.45) is 11.8 Å². The molecule has 0 bridgehead atoms. The number of benzene rings is 1. The van der Waals surface area contributed by atoms with E-state index in [1.807, 2.05) is 11.0 Å². The average Bonchev–Trinajstić information content (AvgIpc) is 2.69. The highest BCUT2D eigenvalue weighted by Crippen LogP contribution is 2.21. The summed E-state index contributed by atoms with van der Waals surface area (Å²) in [5, 5.41) is 2.87. The van der Waals surface area contributed by atoms with Crippen molar-refractivity contribution in [1.29, 1.82) is 0 Å². The van der Waals surface area contributed by atoms with E-state index in [1.165, 1.54) is 12.5 Å². The molecule has 1 N–H and O–H groups in total. The molecule has 2 fully saturated rings. The van der Waals surface area contributed by atoms with Crippen molar-refractivity contribution in [2.75, 3.05) is 52.4 Å². The predicted octanol–water partition coefficient (Wildman–Crippen LogP) is 1.87. The Morgan fingerprint density at radius 1 is 1.03 bits per heavy atom. The Morgan fingerprint density at radius 3 is 2.23 bits per heavy atom. The van der Waals surface area contributed by atoms with E-state index in [4.69, 9.17) is 0 Å². The fraction of sp³-hybridized carbons (Fsp3) is 0.652. The zero-order valence-corrected chi connectivity index (χ0v) is 18.5. The first-order valence-electron chi connectivity index (χ1n) is 11.0. The molecule has 2 unspecified atom stereocenters. The van der Waals surface area contributed by atoms with Gasteiger partial charge in [-0.2, -0.15) is 0 Å². The fourth-order valence-corrected chi connectivity index (χ4v) is 4.47. The number of likely N-dealkylation sites (tertiary alicyclic amines) is 1. The van der Waals surface area contributed by atoms with Crippen LogP contribution in [0.25, 0.3) is 0 Å². The third-order valence-corrected chi connectivity index (χ3v) is 6.14. The summed E-state index contributed by atoms with van der Waals surface area (Å²) in [7, 11) is 0. The maximum absolute atomic E-state index is 13.6. The van der Waals surface area contributed by atoms with Gasteiger partial charge in [0.05, 0.1) is 13.1 Å². The number of halogens is 1. The first kappa shape index (κ1) is 22.7. The summed E-state index contributed by atoms with van der Waals surface area (Å²) in [5.41, 5.74) is 1.36. The smallest absolute Gasteiger partial charge is 0.236 e. The van der Waals surface area contributed by atoms with E-state index in [-0.39, 0.29) is 17.6 Å². The minimum Gasteiger partial charge on any atom is -0.351 e. The van der Waals surface area contributed by atoms with Gasteiger partial charge < -0.3 is 10.2 Å². The van der Waals surface area contributed by atoms with E-state index in [0.717, 1.165) is 44.8 Å². The molecule has 1 aromatic carbocycles. The summed E-state index contributed by atoms with van der Waals surface area (Å²) in [6, 6.07) is 5.02.